The Hall–Kier alpha value is -2.89. The fourth-order valence-corrected chi connectivity index (χ4v) is 3.14. The van der Waals surface area contributed by atoms with Crippen molar-refractivity contribution in [3.8, 4) is 5.69 Å². The van der Waals surface area contributed by atoms with Gasteiger partial charge in [-0.3, -0.25) is 4.79 Å². The van der Waals surface area contributed by atoms with Crippen LogP contribution in [0.4, 0.5) is 4.79 Å². The van der Waals surface area contributed by atoms with Gasteiger partial charge in [-0.15, -0.1) is 5.01 Å². The van der Waals surface area contributed by atoms with Crippen LogP contribution in [0.2, 0.25) is 0 Å². The van der Waals surface area contributed by atoms with E-state index in [1.807, 2.05) is 26.8 Å². The highest BCUT2D eigenvalue weighted by molar-refractivity contribution is 6.07. The van der Waals surface area contributed by atoms with Gasteiger partial charge in [0.15, 0.2) is 0 Å². The van der Waals surface area contributed by atoms with E-state index in [2.05, 4.69) is 46.2 Å². The lowest BCUT2D eigenvalue weighted by Gasteiger charge is -2.17. The minimum absolute atomic E-state index is 0.325. The van der Waals surface area contributed by atoms with E-state index < -0.39 is 11.6 Å². The molecule has 1 aromatic heterocycles. The summed E-state index contributed by atoms with van der Waals surface area (Å²) < 4.78 is 2.13. The van der Waals surface area contributed by atoms with Crippen molar-refractivity contribution >= 4 is 18.2 Å². The SMILES string of the molecule is CCC1(C)NC(=O)N(N=Cc2cc(C)n(-c3ccc(C)cc3)c2C)C1=O. The summed E-state index contributed by atoms with van der Waals surface area (Å²) in [5.41, 5.74) is 4.32. The number of rotatable bonds is 4. The van der Waals surface area contributed by atoms with Crippen LogP contribution in [0.5, 0.6) is 0 Å². The first kappa shape index (κ1) is 17.9. The molecule has 3 rings (SSSR count). The summed E-state index contributed by atoms with van der Waals surface area (Å²) in [4.78, 5) is 24.5. The van der Waals surface area contributed by atoms with Gasteiger partial charge < -0.3 is 9.88 Å². The number of nitrogens with zero attached hydrogens (tertiary/aromatic N) is 3. The normalized spacial score (nSPS) is 20.3. The van der Waals surface area contributed by atoms with Crippen molar-refractivity contribution in [1.29, 1.82) is 0 Å². The van der Waals surface area contributed by atoms with Crippen LogP contribution in [0.1, 0.15) is 42.8 Å². The fourth-order valence-electron chi connectivity index (χ4n) is 3.14. The van der Waals surface area contributed by atoms with Crippen LogP contribution >= 0.6 is 0 Å². The van der Waals surface area contributed by atoms with E-state index in [9.17, 15) is 9.59 Å². The number of carbonyl (C=O) groups excluding carboxylic acids is 2. The predicted octanol–water partition coefficient (Wildman–Crippen LogP) is 3.46. The number of urea groups is 1. The Labute approximate surface area is 153 Å². The second kappa shape index (κ2) is 6.44. The highest BCUT2D eigenvalue weighted by Gasteiger charge is 2.46. The maximum Gasteiger partial charge on any atom is 0.346 e. The molecule has 0 bridgehead atoms. The molecule has 0 radical (unpaired) electrons. The number of hydrazone groups is 1. The van der Waals surface area contributed by atoms with Gasteiger partial charge in [0.05, 0.1) is 6.21 Å². The molecule has 3 amide bonds. The van der Waals surface area contributed by atoms with Crippen molar-refractivity contribution in [2.24, 2.45) is 5.10 Å². The van der Waals surface area contributed by atoms with Crippen molar-refractivity contribution < 1.29 is 9.59 Å². The molecular formula is C20H24N4O2. The van der Waals surface area contributed by atoms with Crippen molar-refractivity contribution in [2.75, 3.05) is 0 Å². The summed E-state index contributed by atoms with van der Waals surface area (Å²) in [5, 5.41) is 7.77. The van der Waals surface area contributed by atoms with E-state index in [1.54, 1.807) is 13.1 Å². The zero-order valence-corrected chi connectivity index (χ0v) is 15.8. The summed E-state index contributed by atoms with van der Waals surface area (Å²) in [5.74, 6) is -0.325. The van der Waals surface area contributed by atoms with Crippen molar-refractivity contribution in [3.63, 3.8) is 0 Å². The highest BCUT2D eigenvalue weighted by Crippen LogP contribution is 2.23. The van der Waals surface area contributed by atoms with Crippen LogP contribution in [-0.4, -0.2) is 33.3 Å². The molecule has 1 aliphatic heterocycles. The standard InChI is InChI=1S/C20H24N4O2/c1-6-20(5)18(25)24(19(26)22-20)21-12-16-11-14(3)23(15(16)4)17-9-7-13(2)8-10-17/h7-12H,6H2,1-5H3,(H,22,26). The number of aryl methyl sites for hydroxylation is 2. The number of carbonyl (C=O) groups is 2. The van der Waals surface area contributed by atoms with E-state index in [0.29, 0.717) is 6.42 Å². The quantitative estimate of drug-likeness (QED) is 0.676. The second-order valence-corrected chi connectivity index (χ2v) is 6.97. The number of nitrogens with one attached hydrogen (secondary N) is 1. The van der Waals surface area contributed by atoms with Crippen LogP contribution in [0, 0.1) is 20.8 Å². The molecule has 0 aliphatic carbocycles. The molecule has 1 aromatic carbocycles. The minimum atomic E-state index is -0.882. The average Bonchev–Trinajstić information content (AvgIpc) is 3.00. The van der Waals surface area contributed by atoms with Gasteiger partial charge in [-0.2, -0.15) is 5.10 Å². The molecule has 0 spiro atoms. The van der Waals surface area contributed by atoms with Gasteiger partial charge in [0.2, 0.25) is 0 Å². The Morgan fingerprint density at radius 3 is 2.38 bits per heavy atom. The Balaban J connectivity index is 1.91. The first-order valence-corrected chi connectivity index (χ1v) is 8.73. The van der Waals surface area contributed by atoms with E-state index >= 15 is 0 Å². The zero-order valence-electron chi connectivity index (χ0n) is 15.8. The number of amides is 3. The van der Waals surface area contributed by atoms with Crippen LogP contribution in [0.15, 0.2) is 35.4 Å². The van der Waals surface area contributed by atoms with Crippen LogP contribution in [0.3, 0.4) is 0 Å². The first-order chi connectivity index (χ1) is 12.3. The Bertz CT molecular complexity index is 895. The molecule has 2 aromatic rings. The van der Waals surface area contributed by atoms with Gasteiger partial charge in [0.1, 0.15) is 5.54 Å². The number of imide groups is 1. The Kier molecular flexibility index (Phi) is 4.44. The smallest absolute Gasteiger partial charge is 0.322 e. The largest absolute Gasteiger partial charge is 0.346 e. The monoisotopic (exact) mass is 352 g/mol. The van der Waals surface area contributed by atoms with Gasteiger partial charge in [-0.05, 0) is 52.3 Å². The molecule has 6 nitrogen and oxygen atoms in total. The maximum absolute atomic E-state index is 12.4. The molecule has 2 heterocycles. The van der Waals surface area contributed by atoms with E-state index in [0.717, 1.165) is 27.6 Å². The summed E-state index contributed by atoms with van der Waals surface area (Å²) in [6, 6.07) is 9.79. The lowest BCUT2D eigenvalue weighted by molar-refractivity contribution is -0.130. The maximum atomic E-state index is 12.4. The molecular weight excluding hydrogens is 328 g/mol. The molecule has 1 atom stereocenters. The number of benzene rings is 1. The van der Waals surface area contributed by atoms with Crippen molar-refractivity contribution in [1.82, 2.24) is 14.9 Å². The third kappa shape index (κ3) is 2.92. The Morgan fingerprint density at radius 2 is 1.81 bits per heavy atom. The van der Waals surface area contributed by atoms with E-state index in [-0.39, 0.29) is 5.91 Å². The molecule has 1 unspecified atom stereocenters. The zero-order chi connectivity index (χ0) is 19.1. The molecule has 1 N–H and O–H groups in total. The van der Waals surface area contributed by atoms with Gasteiger partial charge in [-0.1, -0.05) is 24.6 Å². The van der Waals surface area contributed by atoms with Gasteiger partial charge in [0, 0.05) is 22.6 Å². The molecule has 6 heteroatoms. The first-order valence-electron chi connectivity index (χ1n) is 8.73. The fraction of sp³-hybridized carbons (Fsp3) is 0.350. The lowest BCUT2D eigenvalue weighted by atomic mass is 10.00. The number of hydrogen-bond acceptors (Lipinski definition) is 3. The lowest BCUT2D eigenvalue weighted by Crippen LogP contribution is -2.42. The Morgan fingerprint density at radius 1 is 1.15 bits per heavy atom. The molecule has 26 heavy (non-hydrogen) atoms. The van der Waals surface area contributed by atoms with Crippen LogP contribution < -0.4 is 5.32 Å². The summed E-state index contributed by atoms with van der Waals surface area (Å²) in [6.45, 7) is 9.65. The molecule has 136 valence electrons. The molecule has 1 fully saturated rings. The molecule has 0 saturated carbocycles. The summed E-state index contributed by atoms with van der Waals surface area (Å²) in [7, 11) is 0. The predicted molar refractivity (Wildman–Crippen MR) is 102 cm³/mol. The minimum Gasteiger partial charge on any atom is -0.322 e. The van der Waals surface area contributed by atoms with E-state index in [4.69, 9.17) is 0 Å². The van der Waals surface area contributed by atoms with Crippen LogP contribution in [-0.2, 0) is 4.79 Å². The molecule has 1 aliphatic rings. The summed E-state index contributed by atoms with van der Waals surface area (Å²) >= 11 is 0. The third-order valence-electron chi connectivity index (χ3n) is 5.02. The second-order valence-electron chi connectivity index (χ2n) is 6.97. The van der Waals surface area contributed by atoms with Crippen molar-refractivity contribution in [2.45, 2.75) is 46.6 Å². The molecule has 1 saturated heterocycles. The highest BCUT2D eigenvalue weighted by atomic mass is 16.2. The number of hydrogen-bond donors (Lipinski definition) is 1. The van der Waals surface area contributed by atoms with Gasteiger partial charge in [0.25, 0.3) is 5.91 Å². The average molecular weight is 352 g/mol. The number of aromatic nitrogens is 1. The topological polar surface area (TPSA) is 66.7 Å². The van der Waals surface area contributed by atoms with Gasteiger partial charge in [-0.25, -0.2) is 4.79 Å². The van der Waals surface area contributed by atoms with Gasteiger partial charge >= 0.3 is 6.03 Å². The van der Waals surface area contributed by atoms with E-state index in [1.165, 1.54) is 5.56 Å². The summed E-state index contributed by atoms with van der Waals surface area (Å²) in [6.07, 6.45) is 2.09. The van der Waals surface area contributed by atoms with Crippen LogP contribution in [0.25, 0.3) is 5.69 Å². The van der Waals surface area contributed by atoms with Crippen molar-refractivity contribution in [3.05, 3.63) is 52.8 Å². The third-order valence-corrected chi connectivity index (χ3v) is 5.02.